The maximum absolute atomic E-state index is 13.4. The quantitative estimate of drug-likeness (QED) is 0.416. The Morgan fingerprint density at radius 3 is 2.32 bits per heavy atom. The van der Waals surface area contributed by atoms with Crippen molar-refractivity contribution in [3.63, 3.8) is 0 Å². The Morgan fingerprint density at radius 2 is 1.68 bits per heavy atom. The molecule has 0 atom stereocenters. The maximum atomic E-state index is 13.4. The number of ether oxygens (including phenoxy) is 2. The highest BCUT2D eigenvalue weighted by molar-refractivity contribution is 7.92. The van der Waals surface area contributed by atoms with Crippen LogP contribution in [0.25, 0.3) is 0 Å². The predicted octanol–water partition coefficient (Wildman–Crippen LogP) is 4.36. The van der Waals surface area contributed by atoms with E-state index in [0.29, 0.717) is 16.5 Å². The van der Waals surface area contributed by atoms with Crippen molar-refractivity contribution in [3.05, 3.63) is 82.9 Å². The fraction of sp³-hybridized carbons (Fsp3) is 0.240. The third kappa shape index (κ3) is 6.42. The molecule has 0 saturated heterocycles. The summed E-state index contributed by atoms with van der Waals surface area (Å²) in [6.07, 6.45) is 0. The minimum Gasteiger partial charge on any atom is -0.497 e. The van der Waals surface area contributed by atoms with Gasteiger partial charge in [-0.25, -0.2) is 8.42 Å². The predicted molar refractivity (Wildman–Crippen MR) is 133 cm³/mol. The number of carbonyl (C=O) groups excluding carboxylic acids is 1. The molecule has 0 bridgehead atoms. The molecule has 0 unspecified atom stereocenters. The van der Waals surface area contributed by atoms with Gasteiger partial charge in [-0.05, 0) is 79.6 Å². The second kappa shape index (κ2) is 11.3. The van der Waals surface area contributed by atoms with Crippen LogP contribution < -0.4 is 19.1 Å². The highest BCUT2D eigenvalue weighted by Crippen LogP contribution is 2.27. The molecule has 0 saturated carbocycles. The summed E-state index contributed by atoms with van der Waals surface area (Å²) in [7, 11) is -2.55. The normalized spacial score (nSPS) is 11.1. The van der Waals surface area contributed by atoms with Gasteiger partial charge < -0.3 is 14.8 Å². The lowest BCUT2D eigenvalue weighted by Crippen LogP contribution is -2.41. The number of carbonyl (C=O) groups is 1. The highest BCUT2D eigenvalue weighted by atomic mass is 35.5. The lowest BCUT2D eigenvalue weighted by atomic mass is 10.1. The summed E-state index contributed by atoms with van der Waals surface area (Å²) >= 11 is 6.09. The Morgan fingerprint density at radius 1 is 0.971 bits per heavy atom. The van der Waals surface area contributed by atoms with Crippen LogP contribution in [0.5, 0.6) is 11.5 Å². The molecule has 34 heavy (non-hydrogen) atoms. The number of hydrogen-bond acceptors (Lipinski definition) is 5. The van der Waals surface area contributed by atoms with Gasteiger partial charge in [0.15, 0.2) is 0 Å². The standard InChI is InChI=1S/C25H27ClN2O5S/c1-18-7-8-23(15-19(18)2)33-14-13-27-25(29)17-28(21-6-4-5-20(26)16-21)34(30,31)24-11-9-22(32-3)10-12-24/h4-12,15-16H,13-14,17H2,1-3H3,(H,27,29). The van der Waals surface area contributed by atoms with Gasteiger partial charge in [-0.2, -0.15) is 0 Å². The molecule has 0 aliphatic carbocycles. The molecular weight excluding hydrogens is 476 g/mol. The van der Waals surface area contributed by atoms with Crippen LogP contribution in [0.3, 0.4) is 0 Å². The highest BCUT2D eigenvalue weighted by Gasteiger charge is 2.27. The summed E-state index contributed by atoms with van der Waals surface area (Å²) in [5, 5.41) is 3.07. The summed E-state index contributed by atoms with van der Waals surface area (Å²) in [4.78, 5) is 12.7. The zero-order chi connectivity index (χ0) is 24.7. The van der Waals surface area contributed by atoms with Crippen LogP contribution in [0.4, 0.5) is 5.69 Å². The van der Waals surface area contributed by atoms with Gasteiger partial charge in [0, 0.05) is 5.02 Å². The van der Waals surface area contributed by atoms with Gasteiger partial charge in [0.2, 0.25) is 5.91 Å². The van der Waals surface area contributed by atoms with Crippen molar-refractivity contribution in [2.75, 3.05) is 31.1 Å². The van der Waals surface area contributed by atoms with Crippen LogP contribution in [-0.2, 0) is 14.8 Å². The first kappa shape index (κ1) is 25.4. The molecule has 9 heteroatoms. The third-order valence-corrected chi connectivity index (χ3v) is 7.23. The van der Waals surface area contributed by atoms with Gasteiger partial charge in [-0.3, -0.25) is 9.10 Å². The minimum absolute atomic E-state index is 0.0270. The van der Waals surface area contributed by atoms with Crippen molar-refractivity contribution < 1.29 is 22.7 Å². The number of anilines is 1. The van der Waals surface area contributed by atoms with Crippen LogP contribution in [0.1, 0.15) is 11.1 Å². The molecule has 0 heterocycles. The van der Waals surface area contributed by atoms with Gasteiger partial charge in [0.25, 0.3) is 10.0 Å². The van der Waals surface area contributed by atoms with Crippen molar-refractivity contribution in [2.45, 2.75) is 18.7 Å². The number of hydrogen-bond donors (Lipinski definition) is 1. The van der Waals surface area contributed by atoms with Crippen molar-refractivity contribution in [2.24, 2.45) is 0 Å². The van der Waals surface area contributed by atoms with Crippen molar-refractivity contribution in [1.29, 1.82) is 0 Å². The molecule has 0 aromatic heterocycles. The van der Waals surface area contributed by atoms with E-state index >= 15 is 0 Å². The zero-order valence-electron chi connectivity index (χ0n) is 19.2. The largest absolute Gasteiger partial charge is 0.497 e. The van der Waals surface area contributed by atoms with Gasteiger partial charge in [-0.15, -0.1) is 0 Å². The summed E-state index contributed by atoms with van der Waals surface area (Å²) < 4.78 is 38.6. The summed E-state index contributed by atoms with van der Waals surface area (Å²) in [6, 6.07) is 18.1. The Kier molecular flexibility index (Phi) is 8.41. The first-order chi connectivity index (χ1) is 16.2. The zero-order valence-corrected chi connectivity index (χ0v) is 20.8. The van der Waals surface area contributed by atoms with E-state index in [1.165, 1.54) is 30.9 Å². The number of nitrogens with one attached hydrogen (secondary N) is 1. The fourth-order valence-corrected chi connectivity index (χ4v) is 4.77. The molecule has 3 aromatic carbocycles. The molecule has 1 N–H and O–H groups in total. The number of rotatable bonds is 10. The number of aryl methyl sites for hydroxylation is 2. The first-order valence-corrected chi connectivity index (χ1v) is 12.4. The number of sulfonamides is 1. The molecule has 7 nitrogen and oxygen atoms in total. The van der Waals surface area contributed by atoms with Crippen molar-refractivity contribution in [3.8, 4) is 11.5 Å². The smallest absolute Gasteiger partial charge is 0.264 e. The molecule has 1 amide bonds. The van der Waals surface area contributed by atoms with Crippen LogP contribution in [0.2, 0.25) is 5.02 Å². The molecule has 0 radical (unpaired) electrons. The minimum atomic E-state index is -4.05. The van der Waals surface area contributed by atoms with Gasteiger partial charge >= 0.3 is 0 Å². The molecule has 3 rings (SSSR count). The summed E-state index contributed by atoms with van der Waals surface area (Å²) in [5.41, 5.74) is 2.56. The molecule has 0 aliphatic rings. The monoisotopic (exact) mass is 502 g/mol. The maximum Gasteiger partial charge on any atom is 0.264 e. The Hall–Kier alpha value is -3.23. The van der Waals surface area contributed by atoms with E-state index in [1.54, 1.807) is 30.3 Å². The van der Waals surface area contributed by atoms with E-state index in [-0.39, 0.29) is 23.7 Å². The SMILES string of the molecule is COc1ccc(S(=O)(=O)N(CC(=O)NCCOc2ccc(C)c(C)c2)c2cccc(Cl)c2)cc1. The number of benzene rings is 3. The van der Waals surface area contributed by atoms with Crippen molar-refractivity contribution >= 4 is 33.2 Å². The van der Waals surface area contributed by atoms with Crippen LogP contribution >= 0.6 is 11.6 Å². The molecular formula is C25H27ClN2O5S. The van der Waals surface area contributed by atoms with Crippen LogP contribution in [-0.4, -0.2) is 41.1 Å². The molecule has 0 aliphatic heterocycles. The molecule has 180 valence electrons. The molecule has 0 spiro atoms. The van der Waals surface area contributed by atoms with Gasteiger partial charge in [-0.1, -0.05) is 23.7 Å². The molecule has 3 aromatic rings. The first-order valence-electron chi connectivity index (χ1n) is 10.6. The van der Waals surface area contributed by atoms with E-state index in [4.69, 9.17) is 21.1 Å². The number of nitrogens with zero attached hydrogens (tertiary/aromatic N) is 1. The number of methoxy groups -OCH3 is 1. The Balaban J connectivity index is 1.71. The summed E-state index contributed by atoms with van der Waals surface area (Å²) in [5.74, 6) is 0.760. The molecule has 0 fully saturated rings. The van der Waals surface area contributed by atoms with Crippen LogP contribution in [0.15, 0.2) is 71.6 Å². The second-order valence-corrected chi connectivity index (χ2v) is 9.91. The third-order valence-electron chi connectivity index (χ3n) is 5.20. The van der Waals surface area contributed by atoms with Gasteiger partial charge in [0.05, 0.1) is 24.2 Å². The van der Waals surface area contributed by atoms with Crippen LogP contribution in [0, 0.1) is 13.8 Å². The number of amides is 1. The van der Waals surface area contributed by atoms with E-state index < -0.39 is 22.5 Å². The van der Waals surface area contributed by atoms with Gasteiger partial charge in [0.1, 0.15) is 24.7 Å². The Bertz CT molecular complexity index is 1250. The van der Waals surface area contributed by atoms with E-state index in [0.717, 1.165) is 9.87 Å². The van der Waals surface area contributed by atoms with Crippen molar-refractivity contribution in [1.82, 2.24) is 5.32 Å². The lowest BCUT2D eigenvalue weighted by molar-refractivity contribution is -0.119. The van der Waals surface area contributed by atoms with E-state index in [2.05, 4.69) is 5.32 Å². The summed E-state index contributed by atoms with van der Waals surface area (Å²) in [6.45, 7) is 4.06. The topological polar surface area (TPSA) is 84.9 Å². The fourth-order valence-electron chi connectivity index (χ4n) is 3.17. The lowest BCUT2D eigenvalue weighted by Gasteiger charge is -2.24. The number of halogens is 1. The second-order valence-electron chi connectivity index (χ2n) is 7.61. The average Bonchev–Trinajstić information content (AvgIpc) is 2.82. The Labute approximate surface area is 205 Å². The van der Waals surface area contributed by atoms with E-state index in [1.807, 2.05) is 32.0 Å². The van der Waals surface area contributed by atoms with E-state index in [9.17, 15) is 13.2 Å². The average molecular weight is 503 g/mol.